The summed E-state index contributed by atoms with van der Waals surface area (Å²) < 4.78 is 5.74. The van der Waals surface area contributed by atoms with Crippen LogP contribution in [0.1, 0.15) is 38.2 Å². The zero-order valence-electron chi connectivity index (χ0n) is 13.7. The number of amides is 2. The lowest BCUT2D eigenvalue weighted by Crippen LogP contribution is -2.50. The van der Waals surface area contributed by atoms with Crippen molar-refractivity contribution in [3.05, 3.63) is 29.8 Å². The first-order chi connectivity index (χ1) is 11.0. The Kier molecular flexibility index (Phi) is 4.55. The van der Waals surface area contributed by atoms with Crippen LogP contribution in [0.15, 0.2) is 24.3 Å². The Morgan fingerprint density at radius 3 is 2.57 bits per heavy atom. The molecule has 0 radical (unpaired) electrons. The molecule has 5 heteroatoms. The van der Waals surface area contributed by atoms with Crippen molar-refractivity contribution in [2.24, 2.45) is 0 Å². The molecule has 0 bridgehead atoms. The van der Waals surface area contributed by atoms with E-state index < -0.39 is 6.10 Å². The Morgan fingerprint density at radius 2 is 1.91 bits per heavy atom. The van der Waals surface area contributed by atoms with Crippen molar-refractivity contribution in [3.8, 4) is 5.75 Å². The summed E-state index contributed by atoms with van der Waals surface area (Å²) in [5.74, 6) is 0.550. The molecule has 2 aliphatic rings. The van der Waals surface area contributed by atoms with E-state index in [-0.39, 0.29) is 17.9 Å². The van der Waals surface area contributed by atoms with Gasteiger partial charge in [-0.25, -0.2) is 0 Å². The van der Waals surface area contributed by atoms with Crippen LogP contribution in [0.5, 0.6) is 5.75 Å². The topological polar surface area (TPSA) is 58.6 Å². The van der Waals surface area contributed by atoms with E-state index in [9.17, 15) is 9.59 Å². The van der Waals surface area contributed by atoms with E-state index in [1.165, 1.54) is 0 Å². The summed E-state index contributed by atoms with van der Waals surface area (Å²) in [5, 5.41) is 3.00. The van der Waals surface area contributed by atoms with Crippen molar-refractivity contribution in [2.45, 2.75) is 57.7 Å². The molecule has 1 aliphatic heterocycles. The zero-order chi connectivity index (χ0) is 16.4. The van der Waals surface area contributed by atoms with Crippen LogP contribution in [0, 0.1) is 6.92 Å². The summed E-state index contributed by atoms with van der Waals surface area (Å²) in [7, 11) is 0. The maximum absolute atomic E-state index is 12.7. The van der Waals surface area contributed by atoms with Crippen molar-refractivity contribution in [2.75, 3.05) is 6.54 Å². The second-order valence-electron chi connectivity index (χ2n) is 6.55. The minimum absolute atomic E-state index is 0.0131. The molecule has 2 atom stereocenters. The van der Waals surface area contributed by atoms with Gasteiger partial charge in [-0.05, 0) is 51.7 Å². The number of hydrogen-bond donors (Lipinski definition) is 1. The third-order valence-corrected chi connectivity index (χ3v) is 4.44. The first-order valence-electron chi connectivity index (χ1n) is 8.39. The van der Waals surface area contributed by atoms with E-state index in [0.717, 1.165) is 31.2 Å². The second kappa shape index (κ2) is 6.60. The van der Waals surface area contributed by atoms with Gasteiger partial charge in [-0.1, -0.05) is 17.7 Å². The molecule has 0 spiro atoms. The normalized spacial score (nSPS) is 21.8. The van der Waals surface area contributed by atoms with E-state index >= 15 is 0 Å². The molecular weight excluding hydrogens is 292 g/mol. The summed E-state index contributed by atoms with van der Waals surface area (Å²) in [6.45, 7) is 4.38. The number of nitrogens with one attached hydrogen (secondary N) is 1. The fourth-order valence-electron chi connectivity index (χ4n) is 2.93. The standard InChI is InChI=1S/C18H24N2O3/c1-12-5-9-15(10-6-12)23-13(2)18(22)20-11-3-4-16(20)17(21)19-14-7-8-14/h5-6,9-10,13-14,16H,3-4,7-8,11H2,1-2H3,(H,19,21)/t13-,16+/m1/s1. The average Bonchev–Trinajstić information content (AvgIpc) is 3.21. The van der Waals surface area contributed by atoms with Crippen LogP contribution in [0.2, 0.25) is 0 Å². The van der Waals surface area contributed by atoms with Gasteiger partial charge in [-0.3, -0.25) is 9.59 Å². The Labute approximate surface area is 137 Å². The number of likely N-dealkylation sites (tertiary alicyclic amines) is 1. The Morgan fingerprint density at radius 1 is 1.22 bits per heavy atom. The number of carbonyl (C=O) groups is 2. The summed E-state index contributed by atoms with van der Waals surface area (Å²) in [6.07, 6.45) is 3.12. The smallest absolute Gasteiger partial charge is 0.264 e. The van der Waals surface area contributed by atoms with Crippen molar-refractivity contribution in [3.63, 3.8) is 0 Å². The van der Waals surface area contributed by atoms with Gasteiger partial charge in [-0.15, -0.1) is 0 Å². The molecule has 2 fully saturated rings. The molecule has 5 nitrogen and oxygen atoms in total. The molecule has 23 heavy (non-hydrogen) atoms. The van der Waals surface area contributed by atoms with Crippen LogP contribution in [0.25, 0.3) is 0 Å². The highest BCUT2D eigenvalue weighted by Gasteiger charge is 2.38. The van der Waals surface area contributed by atoms with E-state index in [2.05, 4.69) is 5.32 Å². The van der Waals surface area contributed by atoms with Crippen LogP contribution in [0.3, 0.4) is 0 Å². The van der Waals surface area contributed by atoms with Gasteiger partial charge in [0, 0.05) is 12.6 Å². The Balaban J connectivity index is 1.60. The molecule has 1 aromatic carbocycles. The number of carbonyl (C=O) groups excluding carboxylic acids is 2. The fraction of sp³-hybridized carbons (Fsp3) is 0.556. The van der Waals surface area contributed by atoms with Crippen LogP contribution in [-0.2, 0) is 9.59 Å². The minimum Gasteiger partial charge on any atom is -0.481 e. The number of aryl methyl sites for hydroxylation is 1. The second-order valence-corrected chi connectivity index (χ2v) is 6.55. The number of ether oxygens (including phenoxy) is 1. The molecule has 1 N–H and O–H groups in total. The first kappa shape index (κ1) is 15.8. The van der Waals surface area contributed by atoms with Gasteiger partial charge >= 0.3 is 0 Å². The van der Waals surface area contributed by atoms with Crippen LogP contribution >= 0.6 is 0 Å². The average molecular weight is 316 g/mol. The molecule has 1 saturated heterocycles. The molecule has 3 rings (SSSR count). The third kappa shape index (κ3) is 3.84. The Bertz CT molecular complexity index is 580. The lowest BCUT2D eigenvalue weighted by atomic mass is 10.2. The SMILES string of the molecule is Cc1ccc(O[C@H](C)C(=O)N2CCC[C@H]2C(=O)NC2CC2)cc1. The number of benzene rings is 1. The quantitative estimate of drug-likeness (QED) is 0.904. The van der Waals surface area contributed by atoms with Gasteiger partial charge in [0.15, 0.2) is 6.10 Å². The summed E-state index contributed by atoms with van der Waals surface area (Å²) >= 11 is 0. The predicted molar refractivity (Wildman–Crippen MR) is 87.2 cm³/mol. The minimum atomic E-state index is -0.591. The third-order valence-electron chi connectivity index (χ3n) is 4.44. The maximum Gasteiger partial charge on any atom is 0.264 e. The zero-order valence-corrected chi connectivity index (χ0v) is 13.7. The van der Waals surface area contributed by atoms with E-state index in [1.807, 2.05) is 31.2 Å². The largest absolute Gasteiger partial charge is 0.481 e. The van der Waals surface area contributed by atoms with Crippen molar-refractivity contribution < 1.29 is 14.3 Å². The van der Waals surface area contributed by atoms with Gasteiger partial charge in [0.1, 0.15) is 11.8 Å². The molecule has 0 unspecified atom stereocenters. The lowest BCUT2D eigenvalue weighted by Gasteiger charge is -2.27. The molecule has 1 aliphatic carbocycles. The Hall–Kier alpha value is -2.04. The molecule has 1 aromatic rings. The van der Waals surface area contributed by atoms with Gasteiger partial charge in [0.05, 0.1) is 0 Å². The van der Waals surface area contributed by atoms with E-state index in [4.69, 9.17) is 4.74 Å². The van der Waals surface area contributed by atoms with Gasteiger partial charge in [0.25, 0.3) is 5.91 Å². The molecule has 2 amide bonds. The fourth-order valence-corrected chi connectivity index (χ4v) is 2.93. The highest BCUT2D eigenvalue weighted by molar-refractivity contribution is 5.90. The number of nitrogens with zero attached hydrogens (tertiary/aromatic N) is 1. The highest BCUT2D eigenvalue weighted by Crippen LogP contribution is 2.23. The van der Waals surface area contributed by atoms with Gasteiger partial charge in [-0.2, -0.15) is 0 Å². The lowest BCUT2D eigenvalue weighted by molar-refractivity contribution is -0.143. The summed E-state index contributed by atoms with van der Waals surface area (Å²) in [4.78, 5) is 26.6. The maximum atomic E-state index is 12.7. The first-order valence-corrected chi connectivity index (χ1v) is 8.39. The molecule has 1 saturated carbocycles. The van der Waals surface area contributed by atoms with Gasteiger partial charge < -0.3 is 15.0 Å². The molecule has 0 aromatic heterocycles. The van der Waals surface area contributed by atoms with E-state index in [1.54, 1.807) is 11.8 Å². The predicted octanol–water partition coefficient (Wildman–Crippen LogP) is 2.03. The van der Waals surface area contributed by atoms with Crippen molar-refractivity contribution >= 4 is 11.8 Å². The van der Waals surface area contributed by atoms with Gasteiger partial charge in [0.2, 0.25) is 5.91 Å². The van der Waals surface area contributed by atoms with Crippen LogP contribution in [0.4, 0.5) is 0 Å². The monoisotopic (exact) mass is 316 g/mol. The van der Waals surface area contributed by atoms with Crippen LogP contribution in [-0.4, -0.2) is 41.4 Å². The number of hydrogen-bond acceptors (Lipinski definition) is 3. The van der Waals surface area contributed by atoms with E-state index in [0.29, 0.717) is 18.3 Å². The molecular formula is C18H24N2O3. The number of rotatable bonds is 5. The van der Waals surface area contributed by atoms with Crippen molar-refractivity contribution in [1.29, 1.82) is 0 Å². The highest BCUT2D eigenvalue weighted by atomic mass is 16.5. The molecule has 1 heterocycles. The summed E-state index contributed by atoms with van der Waals surface area (Å²) in [6, 6.07) is 7.61. The molecule has 124 valence electrons. The summed E-state index contributed by atoms with van der Waals surface area (Å²) in [5.41, 5.74) is 1.15. The van der Waals surface area contributed by atoms with Crippen molar-refractivity contribution in [1.82, 2.24) is 10.2 Å². The van der Waals surface area contributed by atoms with Crippen LogP contribution < -0.4 is 10.1 Å².